The van der Waals surface area contributed by atoms with Crippen LogP contribution in [0.3, 0.4) is 0 Å². The molecule has 0 radical (unpaired) electrons. The predicted molar refractivity (Wildman–Crippen MR) is 183 cm³/mol. The number of carbonyl (C=O) groups is 9. The van der Waals surface area contributed by atoms with Crippen molar-refractivity contribution < 1.29 is 53.4 Å². The molecule has 54 heavy (non-hydrogen) atoms. The average molecular weight is 733 g/mol. The zero-order chi connectivity index (χ0) is 38.7. The lowest BCUT2D eigenvalue weighted by Gasteiger charge is -2.52. The largest absolute Gasteiger partial charge is 0.507 e. The van der Waals surface area contributed by atoms with Crippen molar-refractivity contribution in [3.63, 3.8) is 0 Å². The van der Waals surface area contributed by atoms with Crippen LogP contribution in [0, 0.1) is 23.7 Å². The monoisotopic (exact) mass is 732 g/mol. The maximum Gasteiger partial charge on any atom is 0.261 e. The van der Waals surface area contributed by atoms with Gasteiger partial charge in [0, 0.05) is 11.5 Å². The van der Waals surface area contributed by atoms with Crippen LogP contribution < -0.4 is 5.73 Å². The normalized spacial score (nSPS) is 27.3. The van der Waals surface area contributed by atoms with Gasteiger partial charge in [-0.1, -0.05) is 24.3 Å². The Morgan fingerprint density at radius 2 is 1.28 bits per heavy atom. The number of ketones is 4. The lowest BCUT2D eigenvalue weighted by Crippen LogP contribution is -2.74. The van der Waals surface area contributed by atoms with Crippen LogP contribution in [0.15, 0.2) is 54.6 Å². The van der Waals surface area contributed by atoms with Gasteiger partial charge in [-0.15, -0.1) is 0 Å². The summed E-state index contributed by atoms with van der Waals surface area (Å²) in [5.74, 6) is -15.3. The van der Waals surface area contributed by atoms with Crippen molar-refractivity contribution in [2.75, 3.05) is 14.1 Å². The topological polar surface area (TPSA) is 230 Å². The summed E-state index contributed by atoms with van der Waals surface area (Å²) in [6, 6.07) is 12.4. The number of rotatable bonds is 6. The van der Waals surface area contributed by atoms with Gasteiger partial charge in [0.1, 0.15) is 5.75 Å². The van der Waals surface area contributed by atoms with Gasteiger partial charge >= 0.3 is 0 Å². The Morgan fingerprint density at radius 1 is 0.796 bits per heavy atom. The van der Waals surface area contributed by atoms with Gasteiger partial charge in [0.05, 0.1) is 52.9 Å². The summed E-state index contributed by atoms with van der Waals surface area (Å²) in [5, 5.41) is 23.8. The van der Waals surface area contributed by atoms with Gasteiger partial charge in [0.25, 0.3) is 23.6 Å². The van der Waals surface area contributed by atoms with Crippen molar-refractivity contribution in [2.45, 2.75) is 37.6 Å². The van der Waals surface area contributed by atoms with E-state index >= 15 is 0 Å². The predicted octanol–water partition coefficient (Wildman–Crippen LogP) is 0.459. The first kappa shape index (κ1) is 34.9. The van der Waals surface area contributed by atoms with E-state index < -0.39 is 112 Å². The first-order chi connectivity index (χ1) is 25.6. The van der Waals surface area contributed by atoms with E-state index in [0.29, 0.717) is 0 Å². The van der Waals surface area contributed by atoms with Crippen molar-refractivity contribution in [1.29, 1.82) is 0 Å². The average Bonchev–Trinajstić information content (AvgIpc) is 3.51. The highest BCUT2D eigenvalue weighted by molar-refractivity contribution is 6.32. The molecule has 2 heterocycles. The Hall–Kier alpha value is -6.19. The van der Waals surface area contributed by atoms with Gasteiger partial charge in [0.2, 0.25) is 5.91 Å². The summed E-state index contributed by atoms with van der Waals surface area (Å²) in [7, 11) is 2.95. The van der Waals surface area contributed by atoms with Crippen LogP contribution in [-0.2, 0) is 38.7 Å². The minimum absolute atomic E-state index is 0.109. The van der Waals surface area contributed by atoms with E-state index in [9.17, 15) is 53.4 Å². The molecule has 3 aromatic rings. The van der Waals surface area contributed by atoms with Crippen molar-refractivity contribution >= 4 is 52.7 Å². The van der Waals surface area contributed by atoms with Crippen molar-refractivity contribution in [3.05, 3.63) is 99.1 Å². The number of fused-ring (bicyclic) bond motifs is 5. The number of phenols is 1. The number of likely N-dealkylation sites (N-methyl/N-ethyl adjacent to an activating group) is 1. The molecule has 2 unspecified atom stereocenters. The summed E-state index contributed by atoms with van der Waals surface area (Å²) in [6.45, 7) is -0.930. The third-order valence-electron chi connectivity index (χ3n) is 11.6. The van der Waals surface area contributed by atoms with Crippen LogP contribution in [0.2, 0.25) is 0 Å². The van der Waals surface area contributed by atoms with Crippen LogP contribution in [-0.4, -0.2) is 103 Å². The van der Waals surface area contributed by atoms with Crippen LogP contribution in [0.4, 0.5) is 0 Å². The number of nitrogens with zero attached hydrogens (tertiary/aromatic N) is 3. The number of hydrogen-bond donors (Lipinski definition) is 3. The Balaban J connectivity index is 1.25. The molecule has 15 heteroatoms. The van der Waals surface area contributed by atoms with E-state index in [-0.39, 0.29) is 51.8 Å². The maximum absolute atomic E-state index is 14.6. The number of primary amides is 1. The van der Waals surface area contributed by atoms with E-state index in [1.54, 1.807) is 24.3 Å². The molecule has 3 aliphatic carbocycles. The Kier molecular flexibility index (Phi) is 7.69. The van der Waals surface area contributed by atoms with E-state index in [2.05, 4.69) is 0 Å². The summed E-state index contributed by atoms with van der Waals surface area (Å²) in [5.41, 5.74) is 2.90. The van der Waals surface area contributed by atoms with Crippen LogP contribution in [0.1, 0.15) is 74.9 Å². The fraction of sp³-hybridized carbons (Fsp3) is 0.308. The first-order valence-corrected chi connectivity index (χ1v) is 17.2. The molecule has 8 rings (SSSR count). The minimum atomic E-state index is -2.95. The second-order valence-corrected chi connectivity index (χ2v) is 14.7. The quantitative estimate of drug-likeness (QED) is 0.232. The number of benzene rings is 3. The number of hydrogen-bond acceptors (Lipinski definition) is 12. The second-order valence-electron chi connectivity index (χ2n) is 14.7. The Bertz CT molecular complexity index is 2280. The van der Waals surface area contributed by atoms with Crippen LogP contribution in [0.25, 0.3) is 0 Å². The maximum atomic E-state index is 14.6. The van der Waals surface area contributed by atoms with E-state index in [1.165, 1.54) is 49.3 Å². The highest BCUT2D eigenvalue weighted by atomic mass is 16.3. The van der Waals surface area contributed by atoms with Crippen molar-refractivity contribution in [3.8, 4) is 5.75 Å². The molecule has 5 aliphatic rings. The third kappa shape index (κ3) is 4.57. The number of imide groups is 2. The highest BCUT2D eigenvalue weighted by Crippen LogP contribution is 2.52. The summed E-state index contributed by atoms with van der Waals surface area (Å²) in [6.07, 6.45) is -0.348. The SMILES string of the molecule is CN(C)[C@@H]1C(=O)C(C(N)=O)C(=O)[C@@]2(O)C(=O)C3C(=O)c4c(O)c(CN5C(=O)c6ccccc6C5=O)cc(CN5C(=O)c6ccccc6C5=O)c4C[C@H]3C[C@@H]12. The Morgan fingerprint density at radius 3 is 1.74 bits per heavy atom. The van der Waals surface area contributed by atoms with Gasteiger partial charge in [-0.3, -0.25) is 57.9 Å². The second kappa shape index (κ2) is 11.9. The smallest absolute Gasteiger partial charge is 0.261 e. The molecule has 2 saturated carbocycles. The molecule has 3 aromatic carbocycles. The third-order valence-corrected chi connectivity index (χ3v) is 11.6. The van der Waals surface area contributed by atoms with Gasteiger partial charge in [-0.05, 0) is 74.3 Å². The lowest BCUT2D eigenvalue weighted by molar-refractivity contribution is -0.181. The van der Waals surface area contributed by atoms with Crippen LogP contribution in [0.5, 0.6) is 5.75 Å². The fourth-order valence-corrected chi connectivity index (χ4v) is 9.18. The van der Waals surface area contributed by atoms with E-state index in [4.69, 9.17) is 5.73 Å². The molecular formula is C39H32N4O11. The number of phenolic OH excluding ortho intramolecular Hbond substituents is 1. The van der Waals surface area contributed by atoms with Crippen LogP contribution >= 0.6 is 0 Å². The molecular weight excluding hydrogens is 700 g/mol. The standard InChI is InChI=1S/C39H32N4O11/c1-41(2)28-24-13-16-12-23-17(14-42-35(50)19-7-3-4-8-20(19)36(42)51)11-18(15-43-37(52)21-9-5-6-10-22(21)38(43)53)29(44)26(23)30(45)25(16)32(47)39(24,54)33(48)27(31(28)46)34(40)49/h3-11,16,24-25,27-28,44,54H,12-15H2,1-2H3,(H2,40,49)/t16-,24-,25?,27?,28-,39-/m0/s1. The fourth-order valence-electron chi connectivity index (χ4n) is 9.18. The summed E-state index contributed by atoms with van der Waals surface area (Å²) in [4.78, 5) is 125. The zero-order valence-corrected chi connectivity index (χ0v) is 28.9. The minimum Gasteiger partial charge on any atom is -0.507 e. The van der Waals surface area contributed by atoms with Gasteiger partial charge < -0.3 is 15.9 Å². The number of Topliss-reactive ketones (excluding diaryl/α,β-unsaturated/α-hetero) is 4. The molecule has 0 aromatic heterocycles. The van der Waals surface area contributed by atoms with Gasteiger partial charge in [-0.25, -0.2) is 0 Å². The molecule has 0 spiro atoms. The summed E-state index contributed by atoms with van der Waals surface area (Å²) < 4.78 is 0. The molecule has 274 valence electrons. The first-order valence-electron chi connectivity index (χ1n) is 17.2. The number of amides is 5. The molecule has 2 aliphatic heterocycles. The lowest BCUT2D eigenvalue weighted by atomic mass is 9.52. The zero-order valence-electron chi connectivity index (χ0n) is 28.9. The number of aromatic hydroxyl groups is 1. The van der Waals surface area contributed by atoms with E-state index in [0.717, 1.165) is 9.80 Å². The molecule has 15 nitrogen and oxygen atoms in total. The van der Waals surface area contributed by atoms with Gasteiger partial charge in [-0.2, -0.15) is 0 Å². The number of carbonyl (C=O) groups excluding carboxylic acids is 9. The summed E-state index contributed by atoms with van der Waals surface area (Å²) >= 11 is 0. The van der Waals surface area contributed by atoms with Crippen molar-refractivity contribution in [1.82, 2.24) is 14.7 Å². The van der Waals surface area contributed by atoms with Crippen molar-refractivity contribution in [2.24, 2.45) is 29.4 Å². The molecule has 2 fully saturated rings. The molecule has 6 atom stereocenters. The molecule has 0 saturated heterocycles. The van der Waals surface area contributed by atoms with Gasteiger partial charge in [0.15, 0.2) is 34.7 Å². The number of aliphatic hydroxyl groups is 1. The number of nitrogens with two attached hydrogens (primary N) is 1. The molecule has 5 amide bonds. The highest BCUT2D eigenvalue weighted by Gasteiger charge is 2.69. The Labute approximate surface area is 306 Å². The molecule has 4 N–H and O–H groups in total. The molecule has 0 bridgehead atoms. The van der Waals surface area contributed by atoms with E-state index in [1.807, 2.05) is 0 Å².